The number of rotatable bonds is 1. The molecule has 0 bridgehead atoms. The molecule has 1 aromatic heterocycles. The van der Waals surface area contributed by atoms with Crippen molar-refractivity contribution in [1.82, 2.24) is 5.16 Å². The molecule has 4 heteroatoms. The fraction of sp³-hybridized carbons (Fsp3) is 0.235. The predicted molar refractivity (Wildman–Crippen MR) is 82.3 cm³/mol. The maximum atomic E-state index is 6.13. The number of hydrogen-bond donors (Lipinski definition) is 1. The Morgan fingerprint density at radius 3 is 2.71 bits per heavy atom. The first-order chi connectivity index (χ1) is 10.1. The fourth-order valence-electron chi connectivity index (χ4n) is 3.04. The maximum Gasteiger partial charge on any atom is 0.178 e. The lowest BCUT2D eigenvalue weighted by Gasteiger charge is -2.16. The van der Waals surface area contributed by atoms with Crippen LogP contribution in [0.3, 0.4) is 0 Å². The molecule has 4 nitrogen and oxygen atoms in total. The first kappa shape index (κ1) is 12.3. The number of benzene rings is 2. The lowest BCUT2D eigenvalue weighted by molar-refractivity contribution is 0.140. The summed E-state index contributed by atoms with van der Waals surface area (Å²) in [6.45, 7) is 4.16. The van der Waals surface area contributed by atoms with E-state index in [4.69, 9.17) is 15.0 Å². The van der Waals surface area contributed by atoms with Crippen molar-refractivity contribution in [3.05, 3.63) is 42.0 Å². The van der Waals surface area contributed by atoms with E-state index in [1.807, 2.05) is 24.3 Å². The summed E-state index contributed by atoms with van der Waals surface area (Å²) in [4.78, 5) is 0. The Balaban J connectivity index is 2.06. The molecular weight excluding hydrogens is 264 g/mol. The molecule has 0 amide bonds. The summed E-state index contributed by atoms with van der Waals surface area (Å²) in [6.07, 6.45) is 0.840. The summed E-state index contributed by atoms with van der Waals surface area (Å²) in [5.41, 5.74) is 9.81. The zero-order valence-corrected chi connectivity index (χ0v) is 12.0. The number of nitrogens with zero attached hydrogens (tertiary/aromatic N) is 1. The van der Waals surface area contributed by atoms with Crippen LogP contribution < -0.4 is 10.5 Å². The average Bonchev–Trinajstić information content (AvgIpc) is 2.98. The number of nitrogens with two attached hydrogens (primary N) is 1. The van der Waals surface area contributed by atoms with Gasteiger partial charge in [-0.3, -0.25) is 0 Å². The molecule has 21 heavy (non-hydrogen) atoms. The van der Waals surface area contributed by atoms with Crippen LogP contribution in [0.1, 0.15) is 19.4 Å². The van der Waals surface area contributed by atoms with Crippen molar-refractivity contribution in [2.45, 2.75) is 25.9 Å². The van der Waals surface area contributed by atoms with Gasteiger partial charge in [-0.1, -0.05) is 35.5 Å². The monoisotopic (exact) mass is 280 g/mol. The minimum Gasteiger partial charge on any atom is -0.486 e. The highest BCUT2D eigenvalue weighted by Gasteiger charge is 2.35. The van der Waals surface area contributed by atoms with Crippen LogP contribution in [0.15, 0.2) is 40.9 Å². The first-order valence-corrected chi connectivity index (χ1v) is 7.00. The van der Waals surface area contributed by atoms with Crippen molar-refractivity contribution < 1.29 is 9.26 Å². The molecule has 2 heterocycles. The predicted octanol–water partition coefficient (Wildman–Crippen LogP) is 3.79. The van der Waals surface area contributed by atoms with Crippen molar-refractivity contribution in [3.63, 3.8) is 0 Å². The molecule has 2 aromatic carbocycles. The van der Waals surface area contributed by atoms with Gasteiger partial charge in [0.25, 0.3) is 0 Å². The minimum atomic E-state index is -0.246. The van der Waals surface area contributed by atoms with E-state index < -0.39 is 0 Å². The highest BCUT2D eigenvalue weighted by molar-refractivity contribution is 5.98. The van der Waals surface area contributed by atoms with Gasteiger partial charge in [-0.05, 0) is 31.0 Å². The van der Waals surface area contributed by atoms with E-state index >= 15 is 0 Å². The quantitative estimate of drug-likeness (QED) is 0.736. The van der Waals surface area contributed by atoms with Crippen LogP contribution in [0.5, 0.6) is 5.75 Å². The molecule has 0 atom stereocenters. The van der Waals surface area contributed by atoms with E-state index in [-0.39, 0.29) is 5.60 Å². The summed E-state index contributed by atoms with van der Waals surface area (Å²) in [5.74, 6) is 1.20. The number of aromatic nitrogens is 1. The van der Waals surface area contributed by atoms with Gasteiger partial charge in [0, 0.05) is 12.0 Å². The Hall–Kier alpha value is -2.49. The molecule has 0 radical (unpaired) electrons. The van der Waals surface area contributed by atoms with Crippen LogP contribution in [0.4, 0.5) is 5.82 Å². The van der Waals surface area contributed by atoms with E-state index in [0.717, 1.165) is 28.7 Å². The molecule has 0 spiro atoms. The molecule has 2 N–H and O–H groups in total. The normalized spacial score (nSPS) is 15.9. The lowest BCUT2D eigenvalue weighted by atomic mass is 9.92. The van der Waals surface area contributed by atoms with Crippen LogP contribution in [-0.4, -0.2) is 10.8 Å². The van der Waals surface area contributed by atoms with Gasteiger partial charge in [0.2, 0.25) is 0 Å². The summed E-state index contributed by atoms with van der Waals surface area (Å²) in [6, 6.07) is 12.3. The molecule has 0 saturated carbocycles. The minimum absolute atomic E-state index is 0.246. The zero-order chi connectivity index (χ0) is 14.6. The summed E-state index contributed by atoms with van der Waals surface area (Å²) in [7, 11) is 0. The molecule has 0 fully saturated rings. The van der Waals surface area contributed by atoms with E-state index in [2.05, 4.69) is 31.1 Å². The largest absolute Gasteiger partial charge is 0.486 e. The lowest BCUT2D eigenvalue weighted by Crippen LogP contribution is -2.24. The number of fused-ring (bicyclic) bond motifs is 3. The molecule has 0 unspecified atom stereocenters. The summed E-state index contributed by atoms with van der Waals surface area (Å²) < 4.78 is 11.5. The van der Waals surface area contributed by atoms with Crippen LogP contribution in [0.2, 0.25) is 0 Å². The standard InChI is InChI=1S/C17H16N2O2/c1-17(2)9-12-11(10-6-4-3-5-7-10)8-13-14(15(12)20-17)16(18)19-21-13/h3-8H,9H2,1-2H3,(H2,18,19). The van der Waals surface area contributed by atoms with Gasteiger partial charge in [-0.2, -0.15) is 0 Å². The smallest absolute Gasteiger partial charge is 0.178 e. The van der Waals surface area contributed by atoms with Gasteiger partial charge < -0.3 is 15.0 Å². The van der Waals surface area contributed by atoms with Crippen molar-refractivity contribution in [2.24, 2.45) is 0 Å². The highest BCUT2D eigenvalue weighted by atomic mass is 16.5. The molecule has 0 aliphatic carbocycles. The molecule has 0 saturated heterocycles. The fourth-order valence-corrected chi connectivity index (χ4v) is 3.04. The molecule has 1 aliphatic heterocycles. The Morgan fingerprint density at radius 1 is 1.19 bits per heavy atom. The number of hydrogen-bond acceptors (Lipinski definition) is 4. The zero-order valence-electron chi connectivity index (χ0n) is 12.0. The van der Waals surface area contributed by atoms with Gasteiger partial charge in [0.1, 0.15) is 16.7 Å². The van der Waals surface area contributed by atoms with Gasteiger partial charge in [0.05, 0.1) is 0 Å². The molecule has 3 aromatic rings. The van der Waals surface area contributed by atoms with Crippen molar-refractivity contribution >= 4 is 16.8 Å². The second kappa shape index (κ2) is 4.01. The van der Waals surface area contributed by atoms with Crippen molar-refractivity contribution in [2.75, 3.05) is 5.73 Å². The van der Waals surface area contributed by atoms with E-state index in [1.165, 1.54) is 5.56 Å². The maximum absolute atomic E-state index is 6.13. The third-order valence-corrected chi connectivity index (χ3v) is 3.91. The molecule has 4 rings (SSSR count). The third kappa shape index (κ3) is 1.79. The van der Waals surface area contributed by atoms with Gasteiger partial charge >= 0.3 is 0 Å². The van der Waals surface area contributed by atoms with Gasteiger partial charge in [0.15, 0.2) is 11.4 Å². The van der Waals surface area contributed by atoms with Gasteiger partial charge in [-0.25, -0.2) is 0 Å². The molecular formula is C17H16N2O2. The summed E-state index contributed by atoms with van der Waals surface area (Å²) >= 11 is 0. The van der Waals surface area contributed by atoms with Crippen LogP contribution in [0, 0.1) is 0 Å². The first-order valence-electron chi connectivity index (χ1n) is 7.00. The summed E-state index contributed by atoms with van der Waals surface area (Å²) in [5, 5.41) is 4.67. The topological polar surface area (TPSA) is 61.3 Å². The second-order valence-electron chi connectivity index (χ2n) is 6.08. The Kier molecular flexibility index (Phi) is 2.34. The number of anilines is 1. The SMILES string of the molecule is CC1(C)Cc2c(-c3ccccc3)cc3onc(N)c3c2O1. The van der Waals surface area contributed by atoms with Crippen molar-refractivity contribution in [3.8, 4) is 16.9 Å². The van der Waals surface area contributed by atoms with Gasteiger partial charge in [-0.15, -0.1) is 0 Å². The van der Waals surface area contributed by atoms with Crippen LogP contribution >= 0.6 is 0 Å². The Morgan fingerprint density at radius 2 is 1.95 bits per heavy atom. The molecule has 1 aliphatic rings. The van der Waals surface area contributed by atoms with E-state index in [1.54, 1.807) is 0 Å². The number of ether oxygens (including phenoxy) is 1. The third-order valence-electron chi connectivity index (χ3n) is 3.91. The Bertz CT molecular complexity index is 835. The number of nitrogen functional groups attached to an aromatic ring is 1. The molecule has 106 valence electrons. The van der Waals surface area contributed by atoms with Crippen LogP contribution in [-0.2, 0) is 6.42 Å². The highest BCUT2D eigenvalue weighted by Crippen LogP contribution is 2.47. The second-order valence-corrected chi connectivity index (χ2v) is 6.08. The Labute approximate surface area is 122 Å². The average molecular weight is 280 g/mol. The van der Waals surface area contributed by atoms with E-state index in [9.17, 15) is 0 Å². The van der Waals surface area contributed by atoms with E-state index in [0.29, 0.717) is 11.4 Å². The van der Waals surface area contributed by atoms with Crippen LogP contribution in [0.25, 0.3) is 22.1 Å². The van der Waals surface area contributed by atoms with Crippen molar-refractivity contribution in [1.29, 1.82) is 0 Å².